The van der Waals surface area contributed by atoms with Gasteiger partial charge in [-0.2, -0.15) is 0 Å². The molecular weight excluding hydrogens is 228 g/mol. The molecule has 1 fully saturated rings. The molecule has 2 atom stereocenters. The summed E-state index contributed by atoms with van der Waals surface area (Å²) in [5.41, 5.74) is 0.588. The first-order chi connectivity index (χ1) is 8.26. The maximum absolute atomic E-state index is 12.0. The second kappa shape index (κ2) is 3.81. The quantitative estimate of drug-likeness (QED) is 0.557. The van der Waals surface area contributed by atoms with Crippen LogP contribution >= 0.6 is 0 Å². The van der Waals surface area contributed by atoms with E-state index < -0.39 is 5.60 Å². The first-order valence-electron chi connectivity index (χ1n) is 6.35. The molecule has 0 aromatic rings. The van der Waals surface area contributed by atoms with Gasteiger partial charge in [0.15, 0.2) is 5.78 Å². The van der Waals surface area contributed by atoms with Gasteiger partial charge in [0.05, 0.1) is 0 Å². The van der Waals surface area contributed by atoms with Gasteiger partial charge >= 0.3 is 5.97 Å². The Hall–Kier alpha value is -1.38. The second-order valence-electron chi connectivity index (χ2n) is 5.90. The summed E-state index contributed by atoms with van der Waals surface area (Å²) in [5, 5.41) is 0. The fourth-order valence-corrected chi connectivity index (χ4v) is 3.12. The van der Waals surface area contributed by atoms with E-state index in [1.807, 2.05) is 27.7 Å². The molecule has 0 spiro atoms. The number of esters is 1. The smallest absolute Gasteiger partial charge is 0.334 e. The van der Waals surface area contributed by atoms with E-state index in [-0.39, 0.29) is 23.1 Å². The van der Waals surface area contributed by atoms with Gasteiger partial charge in [-0.1, -0.05) is 19.9 Å². The van der Waals surface area contributed by atoms with Crippen LogP contribution in [0.25, 0.3) is 0 Å². The number of hydrogen-bond acceptors (Lipinski definition) is 3. The van der Waals surface area contributed by atoms with Crippen LogP contribution in [0.15, 0.2) is 23.3 Å². The topological polar surface area (TPSA) is 43.4 Å². The monoisotopic (exact) mass is 248 g/mol. The molecule has 2 unspecified atom stereocenters. The van der Waals surface area contributed by atoms with Gasteiger partial charge in [0.25, 0.3) is 0 Å². The Morgan fingerprint density at radius 2 is 2.11 bits per heavy atom. The zero-order chi connectivity index (χ0) is 13.7. The molecule has 0 aromatic carbocycles. The summed E-state index contributed by atoms with van der Waals surface area (Å²) in [6, 6.07) is 0. The van der Waals surface area contributed by atoms with Crippen LogP contribution in [0.3, 0.4) is 0 Å². The highest BCUT2D eigenvalue weighted by molar-refractivity contribution is 5.98. The lowest BCUT2D eigenvalue weighted by atomic mass is 9.45. The number of ketones is 1. The third-order valence-corrected chi connectivity index (χ3v) is 4.76. The van der Waals surface area contributed by atoms with Gasteiger partial charge in [-0.3, -0.25) is 4.79 Å². The standard InChI is InChI=1S/C15H20O3/c1-6-9(2)13(17)18-15-8-11(14(15,4)5)12(16)7-10(15)3/h6-7,11H,8H2,1-5H3. The van der Waals surface area contributed by atoms with E-state index in [0.717, 1.165) is 5.57 Å². The van der Waals surface area contributed by atoms with Crippen LogP contribution in [0, 0.1) is 11.3 Å². The molecule has 18 heavy (non-hydrogen) atoms. The number of rotatable bonds is 2. The van der Waals surface area contributed by atoms with Crippen molar-refractivity contribution >= 4 is 11.8 Å². The predicted molar refractivity (Wildman–Crippen MR) is 68.9 cm³/mol. The Balaban J connectivity index is 2.35. The van der Waals surface area contributed by atoms with E-state index in [1.165, 1.54) is 0 Å². The molecule has 0 saturated heterocycles. The van der Waals surface area contributed by atoms with Gasteiger partial charge in [-0.05, 0) is 32.4 Å². The normalized spacial score (nSPS) is 33.6. The van der Waals surface area contributed by atoms with Gasteiger partial charge in [-0.25, -0.2) is 4.79 Å². The maximum Gasteiger partial charge on any atom is 0.334 e. The molecule has 0 N–H and O–H groups in total. The Morgan fingerprint density at radius 1 is 1.50 bits per heavy atom. The zero-order valence-electron chi connectivity index (χ0n) is 11.7. The summed E-state index contributed by atoms with van der Waals surface area (Å²) in [6.07, 6.45) is 4.01. The Bertz CT molecular complexity index is 482. The highest BCUT2D eigenvalue weighted by Crippen LogP contribution is 2.62. The van der Waals surface area contributed by atoms with Crippen molar-refractivity contribution in [3.8, 4) is 0 Å². The number of hydrogen-bond donors (Lipinski definition) is 0. The molecular formula is C15H20O3. The number of ether oxygens (including phenoxy) is 1. The van der Waals surface area contributed by atoms with Gasteiger partial charge in [0.1, 0.15) is 5.60 Å². The fraction of sp³-hybridized carbons (Fsp3) is 0.600. The molecule has 3 nitrogen and oxygen atoms in total. The Labute approximate surface area is 108 Å². The summed E-state index contributed by atoms with van der Waals surface area (Å²) in [5.74, 6) is -0.135. The molecule has 3 aliphatic rings. The molecule has 3 heteroatoms. The van der Waals surface area contributed by atoms with Crippen molar-refractivity contribution in [2.75, 3.05) is 0 Å². The van der Waals surface area contributed by atoms with E-state index in [9.17, 15) is 9.59 Å². The molecule has 0 aromatic heterocycles. The SMILES string of the molecule is CC=C(C)C(=O)OC12CC(C(=O)C=C1C)C2(C)C. The summed E-state index contributed by atoms with van der Waals surface area (Å²) < 4.78 is 5.75. The van der Waals surface area contributed by atoms with E-state index in [2.05, 4.69) is 0 Å². The first-order valence-corrected chi connectivity index (χ1v) is 6.35. The molecule has 1 saturated carbocycles. The van der Waals surface area contributed by atoms with Gasteiger partial charge in [0.2, 0.25) is 0 Å². The van der Waals surface area contributed by atoms with E-state index in [1.54, 1.807) is 19.1 Å². The van der Waals surface area contributed by atoms with Crippen LogP contribution < -0.4 is 0 Å². The van der Waals surface area contributed by atoms with Crippen LogP contribution in [0.1, 0.15) is 41.0 Å². The predicted octanol–water partition coefficient (Wildman–Crippen LogP) is 2.81. The molecule has 2 bridgehead atoms. The van der Waals surface area contributed by atoms with Crippen LogP contribution in [0.2, 0.25) is 0 Å². The van der Waals surface area contributed by atoms with Crippen molar-refractivity contribution in [1.82, 2.24) is 0 Å². The highest BCUT2D eigenvalue weighted by Gasteiger charge is 2.67. The van der Waals surface area contributed by atoms with Crippen molar-refractivity contribution in [2.24, 2.45) is 11.3 Å². The van der Waals surface area contributed by atoms with Gasteiger partial charge in [-0.15, -0.1) is 0 Å². The molecule has 3 rings (SSSR count). The minimum Gasteiger partial charge on any atom is -0.451 e. The summed E-state index contributed by atoms with van der Waals surface area (Å²) in [6.45, 7) is 9.46. The molecule has 98 valence electrons. The van der Waals surface area contributed by atoms with Crippen molar-refractivity contribution in [1.29, 1.82) is 0 Å². The van der Waals surface area contributed by atoms with Crippen molar-refractivity contribution in [3.63, 3.8) is 0 Å². The van der Waals surface area contributed by atoms with E-state index in [0.29, 0.717) is 12.0 Å². The van der Waals surface area contributed by atoms with Crippen LogP contribution in [0.5, 0.6) is 0 Å². The largest absolute Gasteiger partial charge is 0.451 e. The lowest BCUT2D eigenvalue weighted by molar-refractivity contribution is -0.209. The summed E-state index contributed by atoms with van der Waals surface area (Å²) in [4.78, 5) is 23.8. The number of carbonyl (C=O) groups is 2. The average molecular weight is 248 g/mol. The average Bonchev–Trinajstić information content (AvgIpc) is 2.30. The first kappa shape index (κ1) is 13.1. The zero-order valence-corrected chi connectivity index (χ0v) is 11.7. The number of carbonyl (C=O) groups excluding carboxylic acids is 2. The third kappa shape index (κ3) is 1.43. The van der Waals surface area contributed by atoms with Gasteiger partial charge in [0, 0.05) is 23.3 Å². The van der Waals surface area contributed by atoms with Crippen molar-refractivity contribution in [3.05, 3.63) is 23.3 Å². The fourth-order valence-electron chi connectivity index (χ4n) is 3.12. The Morgan fingerprint density at radius 3 is 2.56 bits per heavy atom. The van der Waals surface area contributed by atoms with Crippen LogP contribution in [-0.4, -0.2) is 17.4 Å². The highest BCUT2D eigenvalue weighted by atomic mass is 16.6. The van der Waals surface area contributed by atoms with E-state index in [4.69, 9.17) is 4.74 Å². The molecule has 0 amide bonds. The summed E-state index contributed by atoms with van der Waals surface area (Å²) >= 11 is 0. The van der Waals surface area contributed by atoms with Crippen LogP contribution in [0.4, 0.5) is 0 Å². The van der Waals surface area contributed by atoms with Crippen molar-refractivity contribution in [2.45, 2.75) is 46.6 Å². The molecule has 0 radical (unpaired) electrons. The van der Waals surface area contributed by atoms with Gasteiger partial charge < -0.3 is 4.74 Å². The number of fused-ring (bicyclic) bond motifs is 1. The third-order valence-electron chi connectivity index (χ3n) is 4.76. The second-order valence-corrected chi connectivity index (χ2v) is 5.90. The molecule has 0 aliphatic heterocycles. The van der Waals surface area contributed by atoms with E-state index >= 15 is 0 Å². The van der Waals surface area contributed by atoms with Crippen molar-refractivity contribution < 1.29 is 14.3 Å². The minimum atomic E-state index is -0.590. The Kier molecular flexibility index (Phi) is 2.76. The molecule has 0 heterocycles. The van der Waals surface area contributed by atoms with Crippen LogP contribution in [-0.2, 0) is 14.3 Å². The number of allylic oxidation sites excluding steroid dienone is 2. The summed E-state index contributed by atoms with van der Waals surface area (Å²) in [7, 11) is 0. The lowest BCUT2D eigenvalue weighted by Gasteiger charge is -2.62. The maximum atomic E-state index is 12.0. The lowest BCUT2D eigenvalue weighted by Crippen LogP contribution is -2.67. The molecule has 3 aliphatic carbocycles. The minimum absolute atomic E-state index is 0.0140.